The van der Waals surface area contributed by atoms with E-state index in [0.29, 0.717) is 4.47 Å². The van der Waals surface area contributed by atoms with Crippen molar-refractivity contribution in [3.63, 3.8) is 0 Å². The van der Waals surface area contributed by atoms with Crippen LogP contribution < -0.4 is 0 Å². The summed E-state index contributed by atoms with van der Waals surface area (Å²) in [6, 6.07) is 3.93. The number of benzene rings is 1. The Balaban J connectivity index is 3.04. The number of nitrogens with zero attached hydrogens (tertiary/aromatic N) is 1. The van der Waals surface area contributed by atoms with E-state index in [1.165, 1.54) is 23.1 Å². The molecule has 0 fully saturated rings. The molecule has 17 heavy (non-hydrogen) atoms. The number of carbonyl (C=O) groups excluding carboxylic acids is 1. The van der Waals surface area contributed by atoms with Gasteiger partial charge < -0.3 is 10.0 Å². The van der Waals surface area contributed by atoms with Gasteiger partial charge in [-0.05, 0) is 48.0 Å². The van der Waals surface area contributed by atoms with E-state index in [1.807, 2.05) is 13.8 Å². The number of hydrogen-bond acceptors (Lipinski definition) is 2. The first-order chi connectivity index (χ1) is 7.97. The molecular weight excluding hydrogens is 289 g/mol. The smallest absolute Gasteiger partial charge is 0.255 e. The van der Waals surface area contributed by atoms with Crippen molar-refractivity contribution in [3.8, 4) is 0 Å². The highest BCUT2D eigenvalue weighted by atomic mass is 79.9. The normalized spacial score (nSPS) is 10.7. The predicted molar refractivity (Wildman–Crippen MR) is 67.4 cm³/mol. The van der Waals surface area contributed by atoms with E-state index in [9.17, 15) is 9.18 Å². The van der Waals surface area contributed by atoms with Gasteiger partial charge in [-0.3, -0.25) is 4.79 Å². The molecule has 0 aliphatic rings. The number of carbonyl (C=O) groups is 1. The van der Waals surface area contributed by atoms with E-state index in [0.717, 1.165) is 0 Å². The van der Waals surface area contributed by atoms with Crippen LogP contribution in [0.4, 0.5) is 4.39 Å². The Morgan fingerprint density at radius 3 is 2.71 bits per heavy atom. The lowest BCUT2D eigenvalue weighted by atomic mass is 10.1. The Morgan fingerprint density at radius 1 is 1.53 bits per heavy atom. The summed E-state index contributed by atoms with van der Waals surface area (Å²) in [5, 5.41) is 8.93. The molecule has 0 saturated carbocycles. The van der Waals surface area contributed by atoms with Crippen molar-refractivity contribution >= 4 is 21.8 Å². The first-order valence-electron chi connectivity index (χ1n) is 5.34. The third kappa shape index (κ3) is 3.51. The average Bonchev–Trinajstić information content (AvgIpc) is 2.28. The quantitative estimate of drug-likeness (QED) is 0.928. The Morgan fingerprint density at radius 2 is 2.18 bits per heavy atom. The van der Waals surface area contributed by atoms with Gasteiger partial charge in [0.25, 0.3) is 5.91 Å². The third-order valence-corrected chi connectivity index (χ3v) is 3.08. The topological polar surface area (TPSA) is 40.5 Å². The summed E-state index contributed by atoms with van der Waals surface area (Å²) in [5.41, 5.74) is 0.271. The minimum absolute atomic E-state index is 0.0511. The molecule has 1 N–H and O–H groups in total. The molecule has 1 aromatic rings. The van der Waals surface area contributed by atoms with E-state index in [4.69, 9.17) is 5.11 Å². The van der Waals surface area contributed by atoms with Crippen LogP contribution in [0.15, 0.2) is 22.7 Å². The summed E-state index contributed by atoms with van der Waals surface area (Å²) in [7, 11) is 0. The number of aliphatic hydroxyl groups excluding tert-OH is 1. The molecule has 1 amide bonds. The molecule has 1 aromatic carbocycles. The van der Waals surface area contributed by atoms with Gasteiger partial charge >= 0.3 is 0 Å². The summed E-state index contributed by atoms with van der Waals surface area (Å²) in [6.07, 6.45) is 0. The van der Waals surface area contributed by atoms with Crippen LogP contribution in [0.1, 0.15) is 24.2 Å². The highest BCUT2D eigenvalue weighted by Crippen LogP contribution is 2.20. The van der Waals surface area contributed by atoms with Gasteiger partial charge in [0, 0.05) is 17.1 Å². The fraction of sp³-hybridized carbons (Fsp3) is 0.417. The molecule has 0 spiro atoms. The molecule has 0 aliphatic carbocycles. The highest BCUT2D eigenvalue weighted by molar-refractivity contribution is 9.10. The number of hydrogen-bond donors (Lipinski definition) is 1. The monoisotopic (exact) mass is 303 g/mol. The van der Waals surface area contributed by atoms with Gasteiger partial charge in [0.1, 0.15) is 5.82 Å². The second-order valence-corrected chi connectivity index (χ2v) is 4.79. The maximum atomic E-state index is 13.1. The zero-order valence-corrected chi connectivity index (χ0v) is 11.4. The Hall–Kier alpha value is -0.940. The van der Waals surface area contributed by atoms with Crippen molar-refractivity contribution in [3.05, 3.63) is 34.1 Å². The van der Waals surface area contributed by atoms with Crippen LogP contribution in [-0.2, 0) is 0 Å². The molecule has 5 heteroatoms. The summed E-state index contributed by atoms with van der Waals surface area (Å²) < 4.78 is 13.7. The van der Waals surface area contributed by atoms with Crippen molar-refractivity contribution in [1.82, 2.24) is 4.90 Å². The maximum Gasteiger partial charge on any atom is 0.255 e. The van der Waals surface area contributed by atoms with Crippen molar-refractivity contribution in [2.75, 3.05) is 13.2 Å². The maximum absolute atomic E-state index is 13.1. The first-order valence-corrected chi connectivity index (χ1v) is 6.13. The van der Waals surface area contributed by atoms with E-state index >= 15 is 0 Å². The lowest BCUT2D eigenvalue weighted by Crippen LogP contribution is -2.39. The molecule has 3 nitrogen and oxygen atoms in total. The van der Waals surface area contributed by atoms with Crippen molar-refractivity contribution < 1.29 is 14.3 Å². The summed E-state index contributed by atoms with van der Waals surface area (Å²) in [6.45, 7) is 3.82. The van der Waals surface area contributed by atoms with Gasteiger partial charge in [-0.25, -0.2) is 4.39 Å². The molecule has 0 atom stereocenters. The van der Waals surface area contributed by atoms with Gasteiger partial charge in [0.2, 0.25) is 0 Å². The van der Waals surface area contributed by atoms with Crippen LogP contribution in [-0.4, -0.2) is 35.1 Å². The molecular formula is C12H15BrFNO2. The van der Waals surface area contributed by atoms with Crippen molar-refractivity contribution in [2.24, 2.45) is 0 Å². The van der Waals surface area contributed by atoms with E-state index < -0.39 is 5.82 Å². The summed E-state index contributed by atoms with van der Waals surface area (Å²) >= 11 is 3.22. The van der Waals surface area contributed by atoms with Crippen LogP contribution in [0.2, 0.25) is 0 Å². The molecule has 1 rings (SSSR count). The minimum Gasteiger partial charge on any atom is -0.395 e. The fourth-order valence-corrected chi connectivity index (χ4v) is 1.93. The molecule has 0 aliphatic heterocycles. The molecule has 0 unspecified atom stereocenters. The summed E-state index contributed by atoms with van der Waals surface area (Å²) in [4.78, 5) is 13.7. The largest absolute Gasteiger partial charge is 0.395 e. The Bertz CT molecular complexity index is 409. The van der Waals surface area contributed by atoms with Gasteiger partial charge in [0.15, 0.2) is 0 Å². The SMILES string of the molecule is CC(C)N(CCO)C(=O)c1cc(F)ccc1Br. The highest BCUT2D eigenvalue weighted by Gasteiger charge is 2.20. The predicted octanol–water partition coefficient (Wildman–Crippen LogP) is 2.43. The van der Waals surface area contributed by atoms with Crippen LogP contribution in [0, 0.1) is 5.82 Å². The Kier molecular flexibility index (Phi) is 5.08. The van der Waals surface area contributed by atoms with E-state index in [-0.39, 0.29) is 30.7 Å². The van der Waals surface area contributed by atoms with Crippen molar-refractivity contribution in [1.29, 1.82) is 0 Å². The van der Waals surface area contributed by atoms with E-state index in [1.54, 1.807) is 0 Å². The minimum atomic E-state index is -0.454. The van der Waals surface area contributed by atoms with Gasteiger partial charge in [-0.15, -0.1) is 0 Å². The number of rotatable bonds is 4. The molecule has 94 valence electrons. The third-order valence-electron chi connectivity index (χ3n) is 2.38. The lowest BCUT2D eigenvalue weighted by molar-refractivity contribution is 0.0664. The first kappa shape index (κ1) is 14.1. The molecule has 0 radical (unpaired) electrons. The standard InChI is InChI=1S/C12H15BrFNO2/c1-8(2)15(5-6-16)12(17)10-7-9(14)3-4-11(10)13/h3-4,7-8,16H,5-6H2,1-2H3. The van der Waals surface area contributed by atoms with Gasteiger partial charge in [0.05, 0.1) is 12.2 Å². The number of amides is 1. The number of aliphatic hydroxyl groups is 1. The van der Waals surface area contributed by atoms with Crippen LogP contribution in [0.5, 0.6) is 0 Å². The summed E-state index contributed by atoms with van der Waals surface area (Å²) in [5.74, 6) is -0.746. The van der Waals surface area contributed by atoms with E-state index in [2.05, 4.69) is 15.9 Å². The number of halogens is 2. The zero-order chi connectivity index (χ0) is 13.0. The van der Waals surface area contributed by atoms with Gasteiger partial charge in [-0.2, -0.15) is 0 Å². The second kappa shape index (κ2) is 6.12. The van der Waals surface area contributed by atoms with Crippen LogP contribution >= 0.6 is 15.9 Å². The van der Waals surface area contributed by atoms with Gasteiger partial charge in [-0.1, -0.05) is 0 Å². The fourth-order valence-electron chi connectivity index (χ4n) is 1.52. The average molecular weight is 304 g/mol. The second-order valence-electron chi connectivity index (χ2n) is 3.94. The van der Waals surface area contributed by atoms with Crippen LogP contribution in [0.3, 0.4) is 0 Å². The Labute approximate surface area is 108 Å². The molecule has 0 aromatic heterocycles. The molecule has 0 heterocycles. The van der Waals surface area contributed by atoms with Crippen LogP contribution in [0.25, 0.3) is 0 Å². The lowest BCUT2D eigenvalue weighted by Gasteiger charge is -2.26. The molecule has 0 bridgehead atoms. The molecule has 0 saturated heterocycles. The zero-order valence-electron chi connectivity index (χ0n) is 9.78. The van der Waals surface area contributed by atoms with Crippen molar-refractivity contribution in [2.45, 2.75) is 19.9 Å².